The molecule has 0 N–H and O–H groups in total. The van der Waals surface area contributed by atoms with E-state index in [1.54, 1.807) is 19.1 Å². The van der Waals surface area contributed by atoms with Crippen molar-refractivity contribution in [3.05, 3.63) is 81.4 Å². The lowest BCUT2D eigenvalue weighted by Gasteiger charge is -2.33. The van der Waals surface area contributed by atoms with Crippen molar-refractivity contribution in [3.8, 4) is 0 Å². The second kappa shape index (κ2) is 7.46. The summed E-state index contributed by atoms with van der Waals surface area (Å²) >= 11 is 0. The molecule has 2 unspecified atom stereocenters. The number of hydrogen-bond donors (Lipinski definition) is 0. The molecule has 6 nitrogen and oxygen atoms in total. The predicted molar refractivity (Wildman–Crippen MR) is 106 cm³/mol. The number of nitrogens with zero attached hydrogens (tertiary/aromatic N) is 2. The highest BCUT2D eigenvalue weighted by atomic mass is 16.6. The van der Waals surface area contributed by atoms with E-state index in [9.17, 15) is 14.9 Å². The summed E-state index contributed by atoms with van der Waals surface area (Å²) in [5, 5.41) is 11.2. The maximum Gasteiger partial charge on any atom is 0.410 e. The van der Waals surface area contributed by atoms with Gasteiger partial charge in [0.1, 0.15) is 6.61 Å². The Morgan fingerprint density at radius 1 is 1.21 bits per heavy atom. The molecular weight excluding hydrogens is 356 g/mol. The molecule has 2 bridgehead atoms. The first-order chi connectivity index (χ1) is 13.5. The Balaban J connectivity index is 1.50. The topological polar surface area (TPSA) is 72.7 Å². The Labute approximate surface area is 163 Å². The van der Waals surface area contributed by atoms with Gasteiger partial charge in [0.05, 0.1) is 11.0 Å². The summed E-state index contributed by atoms with van der Waals surface area (Å²) < 4.78 is 5.52. The van der Waals surface area contributed by atoms with Gasteiger partial charge in [-0.3, -0.25) is 15.0 Å². The fourth-order valence-corrected chi connectivity index (χ4v) is 4.13. The number of rotatable bonds is 4. The van der Waals surface area contributed by atoms with Gasteiger partial charge >= 0.3 is 6.09 Å². The van der Waals surface area contributed by atoms with Crippen LogP contribution in [0.25, 0.3) is 5.57 Å². The highest BCUT2D eigenvalue weighted by Gasteiger charge is 2.40. The number of carbonyl (C=O) groups is 1. The number of ether oxygens (including phenoxy) is 1. The fourth-order valence-electron chi connectivity index (χ4n) is 4.13. The summed E-state index contributed by atoms with van der Waals surface area (Å²) in [4.78, 5) is 25.4. The molecule has 144 valence electrons. The molecule has 0 radical (unpaired) electrons. The first-order valence-electron chi connectivity index (χ1n) is 9.48. The first-order valence-corrected chi connectivity index (χ1v) is 9.48. The molecule has 2 atom stereocenters. The minimum absolute atomic E-state index is 0.0163. The van der Waals surface area contributed by atoms with Gasteiger partial charge in [0.25, 0.3) is 5.69 Å². The van der Waals surface area contributed by atoms with Crippen LogP contribution in [0.2, 0.25) is 0 Å². The number of nitro benzene ring substituents is 1. The molecule has 0 spiro atoms. The summed E-state index contributed by atoms with van der Waals surface area (Å²) in [5.41, 5.74) is 3.69. The molecule has 1 fully saturated rings. The van der Waals surface area contributed by atoms with Crippen LogP contribution in [-0.2, 0) is 11.3 Å². The van der Waals surface area contributed by atoms with Gasteiger partial charge in [-0.25, -0.2) is 4.79 Å². The van der Waals surface area contributed by atoms with E-state index in [1.165, 1.54) is 0 Å². The minimum atomic E-state index is -0.343. The molecule has 0 aliphatic carbocycles. The van der Waals surface area contributed by atoms with Gasteiger partial charge in [-0.1, -0.05) is 48.5 Å². The number of nitro groups is 1. The molecule has 1 saturated heterocycles. The summed E-state index contributed by atoms with van der Waals surface area (Å²) in [6.45, 7) is 2.00. The van der Waals surface area contributed by atoms with Crippen molar-refractivity contribution >= 4 is 17.4 Å². The minimum Gasteiger partial charge on any atom is -0.445 e. The molecule has 2 aromatic carbocycles. The Bertz CT molecular complexity index is 939. The van der Waals surface area contributed by atoms with Crippen molar-refractivity contribution in [1.29, 1.82) is 0 Å². The highest BCUT2D eigenvalue weighted by molar-refractivity contribution is 5.75. The van der Waals surface area contributed by atoms with Crippen LogP contribution < -0.4 is 0 Å². The van der Waals surface area contributed by atoms with Crippen molar-refractivity contribution in [3.63, 3.8) is 0 Å². The van der Waals surface area contributed by atoms with E-state index >= 15 is 0 Å². The summed E-state index contributed by atoms with van der Waals surface area (Å²) in [6, 6.07) is 15.1. The molecular formula is C22H22N2O4. The number of aryl methyl sites for hydroxylation is 1. The quantitative estimate of drug-likeness (QED) is 0.562. The Morgan fingerprint density at radius 3 is 2.71 bits per heavy atom. The molecule has 2 aliphatic rings. The smallest absolute Gasteiger partial charge is 0.410 e. The van der Waals surface area contributed by atoms with E-state index in [4.69, 9.17) is 4.74 Å². The van der Waals surface area contributed by atoms with Crippen LogP contribution in [0.3, 0.4) is 0 Å². The van der Waals surface area contributed by atoms with Crippen LogP contribution in [0, 0.1) is 17.0 Å². The average molecular weight is 378 g/mol. The van der Waals surface area contributed by atoms with Crippen LogP contribution in [0.15, 0.2) is 54.6 Å². The second-order valence-corrected chi connectivity index (χ2v) is 7.40. The van der Waals surface area contributed by atoms with Crippen molar-refractivity contribution in [1.82, 2.24) is 4.90 Å². The molecule has 6 heteroatoms. The highest BCUT2D eigenvalue weighted by Crippen LogP contribution is 2.39. The Hall–Kier alpha value is -3.15. The normalized spacial score (nSPS) is 20.6. The maximum atomic E-state index is 12.6. The average Bonchev–Trinajstić information content (AvgIpc) is 2.96. The van der Waals surface area contributed by atoms with Crippen molar-refractivity contribution < 1.29 is 14.5 Å². The number of fused-ring (bicyclic) bond motifs is 2. The van der Waals surface area contributed by atoms with Gasteiger partial charge < -0.3 is 4.74 Å². The monoisotopic (exact) mass is 378 g/mol. The molecule has 4 rings (SSSR count). The summed E-state index contributed by atoms with van der Waals surface area (Å²) in [6.07, 6.45) is 4.28. The van der Waals surface area contributed by atoms with Crippen molar-refractivity contribution in [2.45, 2.75) is 44.9 Å². The van der Waals surface area contributed by atoms with Gasteiger partial charge in [-0.15, -0.1) is 0 Å². The molecule has 0 aromatic heterocycles. The summed E-state index contributed by atoms with van der Waals surface area (Å²) in [5.74, 6) is 0. The van der Waals surface area contributed by atoms with Crippen LogP contribution in [0.1, 0.15) is 36.0 Å². The lowest BCUT2D eigenvalue weighted by Crippen LogP contribution is -2.43. The molecule has 2 aromatic rings. The van der Waals surface area contributed by atoms with E-state index in [0.717, 1.165) is 29.5 Å². The zero-order chi connectivity index (χ0) is 19.7. The SMILES string of the molecule is Cc1ccc(C2=CC3CCC(C2)N3C(=O)OCc2ccccc2)cc1[N+](=O)[O-]. The van der Waals surface area contributed by atoms with Crippen LogP contribution in [-0.4, -0.2) is 28.0 Å². The van der Waals surface area contributed by atoms with Crippen LogP contribution in [0.4, 0.5) is 10.5 Å². The predicted octanol–water partition coefficient (Wildman–Crippen LogP) is 4.86. The zero-order valence-electron chi connectivity index (χ0n) is 15.7. The van der Waals surface area contributed by atoms with Gasteiger partial charge in [-0.05, 0) is 42.9 Å². The Kier molecular flexibility index (Phi) is 4.86. The molecule has 1 amide bonds. The molecule has 2 heterocycles. The molecule has 0 saturated carbocycles. The standard InChI is InChI=1S/C22H22N2O4/c1-15-7-8-17(13-21(15)24(26)27)18-11-19-9-10-20(12-18)23(19)22(25)28-14-16-5-3-2-4-6-16/h2-8,11,13,19-20H,9-10,12,14H2,1H3. The van der Waals surface area contributed by atoms with Gasteiger partial charge in [0, 0.05) is 17.7 Å². The molecule has 2 aliphatic heterocycles. The number of amides is 1. The third-order valence-corrected chi connectivity index (χ3v) is 5.59. The lowest BCUT2D eigenvalue weighted by atomic mass is 9.94. The molecule has 28 heavy (non-hydrogen) atoms. The van der Waals surface area contributed by atoms with Crippen LogP contribution >= 0.6 is 0 Å². The van der Waals surface area contributed by atoms with Gasteiger partial charge in [0.15, 0.2) is 0 Å². The fraction of sp³-hybridized carbons (Fsp3) is 0.318. The van der Waals surface area contributed by atoms with E-state index in [0.29, 0.717) is 12.0 Å². The van der Waals surface area contributed by atoms with Crippen molar-refractivity contribution in [2.75, 3.05) is 0 Å². The number of benzene rings is 2. The second-order valence-electron chi connectivity index (χ2n) is 7.40. The van der Waals surface area contributed by atoms with Crippen LogP contribution in [0.5, 0.6) is 0 Å². The van der Waals surface area contributed by atoms with Crippen molar-refractivity contribution in [2.24, 2.45) is 0 Å². The van der Waals surface area contributed by atoms with Gasteiger partial charge in [0.2, 0.25) is 0 Å². The zero-order valence-corrected chi connectivity index (χ0v) is 15.7. The first kappa shape index (κ1) is 18.2. The number of hydrogen-bond acceptors (Lipinski definition) is 4. The maximum absolute atomic E-state index is 12.6. The van der Waals surface area contributed by atoms with E-state index in [2.05, 4.69) is 6.08 Å². The Morgan fingerprint density at radius 2 is 2.00 bits per heavy atom. The lowest BCUT2D eigenvalue weighted by molar-refractivity contribution is -0.385. The third kappa shape index (κ3) is 3.50. The van der Waals surface area contributed by atoms with E-state index in [1.807, 2.05) is 41.3 Å². The number of carbonyl (C=O) groups excluding carboxylic acids is 1. The van der Waals surface area contributed by atoms with E-state index in [-0.39, 0.29) is 35.4 Å². The largest absolute Gasteiger partial charge is 0.445 e. The third-order valence-electron chi connectivity index (χ3n) is 5.59. The summed E-state index contributed by atoms with van der Waals surface area (Å²) in [7, 11) is 0. The van der Waals surface area contributed by atoms with Gasteiger partial charge in [-0.2, -0.15) is 0 Å². The van der Waals surface area contributed by atoms with E-state index < -0.39 is 0 Å².